The smallest absolute Gasteiger partial charge is 0.269 e. The number of nitrogens with zero attached hydrogens (tertiary/aromatic N) is 3. The molecular formula is C21H19ClF3N5O2. The Balaban J connectivity index is 1.48. The summed E-state index contributed by atoms with van der Waals surface area (Å²) in [6, 6.07) is 5.15. The Morgan fingerprint density at radius 2 is 1.91 bits per heavy atom. The lowest BCUT2D eigenvalue weighted by molar-refractivity contribution is 0.0957. The maximum atomic E-state index is 14.9. The molecule has 0 bridgehead atoms. The van der Waals surface area contributed by atoms with Crippen LogP contribution in [0.4, 0.5) is 18.9 Å². The van der Waals surface area contributed by atoms with Gasteiger partial charge in [0.05, 0.1) is 11.2 Å². The van der Waals surface area contributed by atoms with Gasteiger partial charge in [-0.2, -0.15) is 4.39 Å². The normalized spacial score (nSPS) is 14.7. The third-order valence-electron chi connectivity index (χ3n) is 5.45. The van der Waals surface area contributed by atoms with Gasteiger partial charge in [0.25, 0.3) is 11.5 Å². The second kappa shape index (κ2) is 8.79. The standard InChI is InChI=1S/C21H19ClF3N5O2/c1-26-21(32)15-2-3-16(19(25)27-15)30-6-4-29(5-7-30)10-11-8-14(23)12-9-13(22)20(31)28-18(12)17(11)24/h2-3,8-9H,4-7,10H2,1H3,(H,26,32)(H,28,31). The summed E-state index contributed by atoms with van der Waals surface area (Å²) < 4.78 is 43.8. The molecular weight excluding hydrogens is 447 g/mol. The predicted molar refractivity (Wildman–Crippen MR) is 115 cm³/mol. The number of amides is 1. The van der Waals surface area contributed by atoms with E-state index in [9.17, 15) is 22.8 Å². The molecule has 1 aliphatic rings. The van der Waals surface area contributed by atoms with Crippen LogP contribution in [0, 0.1) is 17.6 Å². The molecule has 1 aromatic carbocycles. The van der Waals surface area contributed by atoms with E-state index in [4.69, 9.17) is 11.6 Å². The van der Waals surface area contributed by atoms with Crippen LogP contribution in [0.3, 0.4) is 0 Å². The highest BCUT2D eigenvalue weighted by Crippen LogP contribution is 2.26. The summed E-state index contributed by atoms with van der Waals surface area (Å²) in [4.78, 5) is 33.0. The number of fused-ring (bicyclic) bond motifs is 1. The first-order valence-corrected chi connectivity index (χ1v) is 10.2. The number of anilines is 1. The zero-order valence-electron chi connectivity index (χ0n) is 17.0. The number of aromatic amines is 1. The van der Waals surface area contributed by atoms with Gasteiger partial charge in [-0.3, -0.25) is 14.5 Å². The van der Waals surface area contributed by atoms with Crippen LogP contribution in [0.25, 0.3) is 10.9 Å². The van der Waals surface area contributed by atoms with Crippen LogP contribution in [0.15, 0.2) is 29.1 Å². The van der Waals surface area contributed by atoms with Gasteiger partial charge in [0.15, 0.2) is 5.82 Å². The Bertz CT molecular complexity index is 1260. The van der Waals surface area contributed by atoms with Gasteiger partial charge < -0.3 is 15.2 Å². The number of halogens is 4. The second-order valence-electron chi connectivity index (χ2n) is 7.42. The van der Waals surface area contributed by atoms with Crippen molar-refractivity contribution < 1.29 is 18.0 Å². The van der Waals surface area contributed by atoms with Crippen molar-refractivity contribution >= 4 is 34.1 Å². The van der Waals surface area contributed by atoms with Crippen molar-refractivity contribution in [2.75, 3.05) is 38.1 Å². The molecule has 1 amide bonds. The van der Waals surface area contributed by atoms with Crippen molar-refractivity contribution in [1.29, 1.82) is 0 Å². The van der Waals surface area contributed by atoms with Crippen LogP contribution >= 0.6 is 11.6 Å². The van der Waals surface area contributed by atoms with Gasteiger partial charge in [0, 0.05) is 50.7 Å². The average Bonchev–Trinajstić information content (AvgIpc) is 2.78. The van der Waals surface area contributed by atoms with E-state index < -0.39 is 29.0 Å². The van der Waals surface area contributed by atoms with Crippen LogP contribution < -0.4 is 15.8 Å². The molecule has 2 N–H and O–H groups in total. The molecule has 3 aromatic rings. The fourth-order valence-corrected chi connectivity index (χ4v) is 3.90. The first-order valence-electron chi connectivity index (χ1n) is 9.84. The fraction of sp³-hybridized carbons (Fsp3) is 0.286. The third-order valence-corrected chi connectivity index (χ3v) is 5.73. The lowest BCUT2D eigenvalue weighted by Gasteiger charge is -2.36. The van der Waals surface area contributed by atoms with Crippen LogP contribution in [0.1, 0.15) is 16.1 Å². The van der Waals surface area contributed by atoms with Crippen molar-refractivity contribution in [3.63, 3.8) is 0 Å². The summed E-state index contributed by atoms with van der Waals surface area (Å²) >= 11 is 5.72. The highest BCUT2D eigenvalue weighted by molar-refractivity contribution is 6.31. The maximum Gasteiger partial charge on any atom is 0.269 e. The minimum Gasteiger partial charge on any atom is -0.365 e. The van der Waals surface area contributed by atoms with Crippen LogP contribution in [0.2, 0.25) is 5.02 Å². The fourth-order valence-electron chi connectivity index (χ4n) is 3.74. The molecule has 0 spiro atoms. The van der Waals surface area contributed by atoms with Crippen molar-refractivity contribution in [3.05, 3.63) is 68.5 Å². The lowest BCUT2D eigenvalue weighted by Crippen LogP contribution is -2.46. The highest BCUT2D eigenvalue weighted by atomic mass is 35.5. The summed E-state index contributed by atoms with van der Waals surface area (Å²) in [6.07, 6.45) is 0. The van der Waals surface area contributed by atoms with Gasteiger partial charge in [-0.05, 0) is 24.3 Å². The number of rotatable bonds is 4. The minimum atomic E-state index is -0.746. The third kappa shape index (κ3) is 4.15. The number of benzene rings is 1. The number of carbonyl (C=O) groups is 1. The number of hydrogen-bond acceptors (Lipinski definition) is 5. The molecule has 1 saturated heterocycles. The predicted octanol–water partition coefficient (Wildman–Crippen LogP) is 2.68. The molecule has 32 heavy (non-hydrogen) atoms. The van der Waals surface area contributed by atoms with Crippen molar-refractivity contribution in [1.82, 2.24) is 20.2 Å². The molecule has 168 valence electrons. The van der Waals surface area contributed by atoms with Crippen LogP contribution in [-0.4, -0.2) is 54.0 Å². The van der Waals surface area contributed by atoms with Gasteiger partial charge in [-0.15, -0.1) is 0 Å². The van der Waals surface area contributed by atoms with E-state index in [0.717, 1.165) is 12.1 Å². The Kier molecular flexibility index (Phi) is 6.07. The zero-order chi connectivity index (χ0) is 23.0. The van der Waals surface area contributed by atoms with Crippen molar-refractivity contribution in [2.24, 2.45) is 0 Å². The van der Waals surface area contributed by atoms with Crippen LogP contribution in [0.5, 0.6) is 0 Å². The second-order valence-corrected chi connectivity index (χ2v) is 7.82. The first kappa shape index (κ1) is 22.1. The zero-order valence-corrected chi connectivity index (χ0v) is 17.8. The summed E-state index contributed by atoms with van der Waals surface area (Å²) in [5, 5.41) is 2.08. The SMILES string of the molecule is CNC(=O)c1ccc(N2CCN(Cc3cc(F)c4cc(Cl)c(=O)[nH]c4c3F)CC2)c(F)n1. The number of pyridine rings is 2. The summed E-state index contributed by atoms with van der Waals surface area (Å²) in [5.74, 6) is -2.62. The van der Waals surface area contributed by atoms with Crippen LogP contribution in [-0.2, 0) is 6.54 Å². The molecule has 1 aliphatic heterocycles. The molecule has 0 saturated carbocycles. The summed E-state index contributed by atoms with van der Waals surface area (Å²) in [7, 11) is 1.44. The summed E-state index contributed by atoms with van der Waals surface area (Å²) in [5.41, 5.74) is -0.557. The van der Waals surface area contributed by atoms with E-state index in [1.807, 2.05) is 4.90 Å². The van der Waals surface area contributed by atoms with E-state index >= 15 is 0 Å². The van der Waals surface area contributed by atoms with E-state index in [1.54, 1.807) is 4.90 Å². The lowest BCUT2D eigenvalue weighted by atomic mass is 10.1. The van der Waals surface area contributed by atoms with Gasteiger partial charge >= 0.3 is 0 Å². The van der Waals surface area contributed by atoms with E-state index in [1.165, 1.54) is 19.2 Å². The molecule has 2 aromatic heterocycles. The van der Waals surface area contributed by atoms with Gasteiger partial charge in [0.2, 0.25) is 5.95 Å². The Morgan fingerprint density at radius 3 is 2.56 bits per heavy atom. The molecule has 0 atom stereocenters. The number of piperazine rings is 1. The highest BCUT2D eigenvalue weighted by Gasteiger charge is 2.23. The molecule has 0 radical (unpaired) electrons. The number of H-pyrrole nitrogens is 1. The van der Waals surface area contributed by atoms with Crippen molar-refractivity contribution in [2.45, 2.75) is 6.54 Å². The van der Waals surface area contributed by atoms with Crippen molar-refractivity contribution in [3.8, 4) is 0 Å². The molecule has 4 rings (SSSR count). The Morgan fingerprint density at radius 1 is 1.19 bits per heavy atom. The molecule has 7 nitrogen and oxygen atoms in total. The molecule has 0 aliphatic carbocycles. The van der Waals surface area contributed by atoms with E-state index in [2.05, 4.69) is 15.3 Å². The first-order chi connectivity index (χ1) is 15.3. The van der Waals surface area contributed by atoms with E-state index in [0.29, 0.717) is 26.2 Å². The molecule has 1 fully saturated rings. The quantitative estimate of drug-likeness (QED) is 0.579. The van der Waals surface area contributed by atoms with Gasteiger partial charge in [-0.25, -0.2) is 13.8 Å². The number of aromatic nitrogens is 2. The van der Waals surface area contributed by atoms with E-state index in [-0.39, 0.29) is 39.4 Å². The Hall–Kier alpha value is -3.11. The topological polar surface area (TPSA) is 81.3 Å². The average molecular weight is 466 g/mol. The largest absolute Gasteiger partial charge is 0.365 e. The molecule has 0 unspecified atom stereocenters. The van der Waals surface area contributed by atoms with Gasteiger partial charge in [-0.1, -0.05) is 11.6 Å². The van der Waals surface area contributed by atoms with Gasteiger partial charge in [0.1, 0.15) is 16.5 Å². The molecule has 3 heterocycles. The number of carbonyl (C=O) groups excluding carboxylic acids is 1. The Labute approximate surface area is 185 Å². The minimum absolute atomic E-state index is 0.0134. The summed E-state index contributed by atoms with van der Waals surface area (Å²) in [6.45, 7) is 1.91. The molecule has 11 heteroatoms. The number of hydrogen-bond donors (Lipinski definition) is 2. The number of nitrogens with one attached hydrogen (secondary N) is 2. The maximum absolute atomic E-state index is 14.9. The monoisotopic (exact) mass is 465 g/mol.